The van der Waals surface area contributed by atoms with Crippen molar-refractivity contribution >= 4 is 52.2 Å². The van der Waals surface area contributed by atoms with Crippen LogP contribution in [0.5, 0.6) is 5.75 Å². The first-order valence-electron chi connectivity index (χ1n) is 12.4. The highest BCUT2D eigenvalue weighted by atomic mass is 32.2. The number of imide groups is 1. The Morgan fingerprint density at radius 1 is 0.905 bits per heavy atom. The Bertz CT molecular complexity index is 1720. The molecule has 1 aliphatic heterocycles. The van der Waals surface area contributed by atoms with E-state index in [1.807, 2.05) is 0 Å². The van der Waals surface area contributed by atoms with Gasteiger partial charge >= 0.3 is 0 Å². The Morgan fingerprint density at radius 3 is 2.24 bits per heavy atom. The van der Waals surface area contributed by atoms with Crippen molar-refractivity contribution in [2.75, 3.05) is 22.6 Å². The lowest BCUT2D eigenvalue weighted by Crippen LogP contribution is -2.32. The van der Waals surface area contributed by atoms with Gasteiger partial charge in [-0.05, 0) is 78.9 Å². The van der Waals surface area contributed by atoms with Crippen LogP contribution in [0.4, 0.5) is 27.1 Å². The molecule has 4 aromatic rings. The normalized spacial score (nSPS) is 12.9. The van der Waals surface area contributed by atoms with Gasteiger partial charge in [0.05, 0.1) is 17.7 Å². The summed E-state index contributed by atoms with van der Waals surface area (Å²) >= 11 is 1.02. The molecule has 4 aromatic carbocycles. The highest BCUT2D eigenvalue weighted by Crippen LogP contribution is 2.39. The Balaban J connectivity index is 1.42. The molecule has 1 heterocycles. The fourth-order valence-corrected chi connectivity index (χ4v) is 5.04. The van der Waals surface area contributed by atoms with Crippen molar-refractivity contribution < 1.29 is 28.4 Å². The average molecular weight is 585 g/mol. The first-order valence-corrected chi connectivity index (χ1v) is 13.2. The van der Waals surface area contributed by atoms with Crippen LogP contribution in [0.3, 0.4) is 0 Å². The molecule has 1 aliphatic rings. The van der Waals surface area contributed by atoms with Crippen molar-refractivity contribution in [3.63, 3.8) is 0 Å². The molecule has 3 amide bonds. The van der Waals surface area contributed by atoms with Gasteiger partial charge in [-0.2, -0.15) is 0 Å². The third-order valence-electron chi connectivity index (χ3n) is 6.14. The Labute approximate surface area is 242 Å². The van der Waals surface area contributed by atoms with Crippen LogP contribution in [-0.2, 0) is 9.59 Å². The zero-order valence-electron chi connectivity index (χ0n) is 21.9. The number of ether oxygens (including phenoxy) is 1. The summed E-state index contributed by atoms with van der Waals surface area (Å²) in [5.41, 5.74) is 1.24. The number of non-ortho nitro benzene ring substituents is 1. The van der Waals surface area contributed by atoms with E-state index in [1.54, 1.807) is 48.5 Å². The van der Waals surface area contributed by atoms with Gasteiger partial charge in [-0.15, -0.1) is 0 Å². The summed E-state index contributed by atoms with van der Waals surface area (Å²) in [7, 11) is 1.50. The Hall–Kier alpha value is -5.49. The first-order chi connectivity index (χ1) is 20.2. The number of rotatable bonds is 9. The number of amides is 3. The molecule has 0 saturated heterocycles. The number of hydrogen-bond donors (Lipinski definition) is 2. The second-order valence-electron chi connectivity index (χ2n) is 8.87. The second-order valence-corrected chi connectivity index (χ2v) is 9.95. The zero-order chi connectivity index (χ0) is 29.8. The molecule has 0 spiro atoms. The number of nitrogens with zero attached hydrogens (tertiary/aromatic N) is 2. The topological polar surface area (TPSA) is 131 Å². The predicted molar refractivity (Wildman–Crippen MR) is 156 cm³/mol. The van der Waals surface area contributed by atoms with Crippen LogP contribution in [0, 0.1) is 15.9 Å². The van der Waals surface area contributed by atoms with Crippen LogP contribution in [0.15, 0.2) is 113 Å². The third-order valence-corrected chi connectivity index (χ3v) is 7.21. The minimum Gasteiger partial charge on any atom is -0.497 e. The van der Waals surface area contributed by atoms with Crippen LogP contribution in [-0.4, -0.2) is 29.8 Å². The van der Waals surface area contributed by atoms with E-state index < -0.39 is 28.5 Å². The fourth-order valence-electron chi connectivity index (χ4n) is 4.05. The van der Waals surface area contributed by atoms with Crippen LogP contribution in [0.1, 0.15) is 10.4 Å². The SMILES string of the molecule is COc1ccc(N2C(=O)C(Nc3ccc(F)cc3)=C(Sc3cccc(NC(=O)c4ccc([N+](=O)[O-])cc4)c3)C2=O)cc1. The van der Waals surface area contributed by atoms with Crippen LogP contribution in [0.25, 0.3) is 0 Å². The number of carbonyl (C=O) groups excluding carboxylic acids is 3. The van der Waals surface area contributed by atoms with Crippen LogP contribution in [0.2, 0.25) is 0 Å². The summed E-state index contributed by atoms with van der Waals surface area (Å²) in [6.45, 7) is 0. The number of nitrogens with one attached hydrogen (secondary N) is 2. The van der Waals surface area contributed by atoms with Crippen molar-refractivity contribution in [2.45, 2.75) is 4.90 Å². The van der Waals surface area contributed by atoms with Crippen LogP contribution < -0.4 is 20.3 Å². The highest BCUT2D eigenvalue weighted by molar-refractivity contribution is 8.04. The smallest absolute Gasteiger partial charge is 0.283 e. The van der Waals surface area contributed by atoms with Gasteiger partial charge in [-0.25, -0.2) is 9.29 Å². The zero-order valence-corrected chi connectivity index (χ0v) is 22.7. The number of methoxy groups -OCH3 is 1. The first kappa shape index (κ1) is 28.1. The molecule has 10 nitrogen and oxygen atoms in total. The highest BCUT2D eigenvalue weighted by Gasteiger charge is 2.40. The molecule has 0 radical (unpaired) electrons. The predicted octanol–water partition coefficient (Wildman–Crippen LogP) is 5.98. The Kier molecular flexibility index (Phi) is 7.98. The van der Waals surface area contributed by atoms with E-state index in [2.05, 4.69) is 10.6 Å². The van der Waals surface area contributed by atoms with E-state index in [0.717, 1.165) is 16.7 Å². The minimum absolute atomic E-state index is 0.00717. The van der Waals surface area contributed by atoms with E-state index in [9.17, 15) is 28.9 Å². The maximum Gasteiger partial charge on any atom is 0.283 e. The summed E-state index contributed by atoms with van der Waals surface area (Å²) in [4.78, 5) is 51.9. The van der Waals surface area contributed by atoms with Crippen molar-refractivity contribution in [1.29, 1.82) is 0 Å². The van der Waals surface area contributed by atoms with E-state index >= 15 is 0 Å². The molecule has 12 heteroatoms. The van der Waals surface area contributed by atoms with Gasteiger partial charge in [0.2, 0.25) is 0 Å². The summed E-state index contributed by atoms with van der Waals surface area (Å²) in [5, 5.41) is 16.6. The molecule has 0 atom stereocenters. The van der Waals surface area contributed by atoms with Crippen molar-refractivity contribution in [3.8, 4) is 5.75 Å². The van der Waals surface area contributed by atoms with Gasteiger partial charge in [0.25, 0.3) is 23.4 Å². The van der Waals surface area contributed by atoms with Crippen molar-refractivity contribution in [3.05, 3.63) is 129 Å². The van der Waals surface area contributed by atoms with Gasteiger partial charge in [0, 0.05) is 34.0 Å². The summed E-state index contributed by atoms with van der Waals surface area (Å²) in [6.07, 6.45) is 0. The average Bonchev–Trinajstić information content (AvgIpc) is 3.22. The number of thioether (sulfide) groups is 1. The lowest BCUT2D eigenvalue weighted by atomic mass is 10.2. The number of nitro benzene ring substituents is 1. The number of carbonyl (C=O) groups is 3. The summed E-state index contributed by atoms with van der Waals surface area (Å²) in [5.74, 6) is -1.55. The van der Waals surface area contributed by atoms with E-state index in [-0.39, 0.29) is 21.9 Å². The second kappa shape index (κ2) is 11.9. The number of nitro groups is 1. The summed E-state index contributed by atoms with van der Waals surface area (Å²) in [6, 6.07) is 23.6. The van der Waals surface area contributed by atoms with Gasteiger partial charge < -0.3 is 15.4 Å². The molecular formula is C30H21FN4O6S. The molecule has 0 bridgehead atoms. The largest absolute Gasteiger partial charge is 0.497 e. The molecule has 5 rings (SSSR count). The van der Waals surface area contributed by atoms with Crippen molar-refractivity contribution in [2.24, 2.45) is 0 Å². The number of hydrogen-bond acceptors (Lipinski definition) is 8. The maximum atomic E-state index is 13.6. The third kappa shape index (κ3) is 5.98. The molecule has 0 aromatic heterocycles. The molecule has 210 valence electrons. The molecule has 0 unspecified atom stereocenters. The van der Waals surface area contributed by atoms with Crippen molar-refractivity contribution in [1.82, 2.24) is 0 Å². The van der Waals surface area contributed by atoms with E-state index in [0.29, 0.717) is 27.7 Å². The molecule has 0 fully saturated rings. The maximum absolute atomic E-state index is 13.6. The lowest BCUT2D eigenvalue weighted by Gasteiger charge is -2.15. The fraction of sp³-hybridized carbons (Fsp3) is 0.0333. The molecule has 42 heavy (non-hydrogen) atoms. The van der Waals surface area contributed by atoms with Gasteiger partial charge in [0.15, 0.2) is 0 Å². The van der Waals surface area contributed by atoms with Gasteiger partial charge in [0.1, 0.15) is 22.2 Å². The lowest BCUT2D eigenvalue weighted by molar-refractivity contribution is -0.384. The number of halogens is 1. The van der Waals surface area contributed by atoms with Gasteiger partial charge in [-0.1, -0.05) is 17.8 Å². The molecule has 0 saturated carbocycles. The van der Waals surface area contributed by atoms with E-state index in [4.69, 9.17) is 4.74 Å². The van der Waals surface area contributed by atoms with Gasteiger partial charge in [-0.3, -0.25) is 24.5 Å². The summed E-state index contributed by atoms with van der Waals surface area (Å²) < 4.78 is 18.7. The molecule has 0 aliphatic carbocycles. The monoisotopic (exact) mass is 584 g/mol. The number of anilines is 3. The standard InChI is InChI=1S/C30H21FN4O6S/c1-41-24-15-13-22(14-16-24)34-29(37)26(32-20-9-7-19(31)8-10-20)27(30(34)38)42-25-4-2-3-21(17-25)33-28(36)18-5-11-23(12-6-18)35(39)40/h2-17,32H,1H3,(H,33,36). The van der Waals surface area contributed by atoms with Crippen LogP contribution >= 0.6 is 11.8 Å². The van der Waals surface area contributed by atoms with E-state index in [1.165, 1.54) is 55.6 Å². The Morgan fingerprint density at radius 2 is 1.60 bits per heavy atom. The molecular weight excluding hydrogens is 563 g/mol. The molecule has 2 N–H and O–H groups in total. The number of benzene rings is 4. The quantitative estimate of drug-likeness (QED) is 0.140. The minimum atomic E-state index is -0.598.